The van der Waals surface area contributed by atoms with Crippen LogP contribution in [0.25, 0.3) is 16.7 Å². The molecule has 0 fully saturated rings. The molecule has 2 aromatic carbocycles. The number of carbonyl (C=O) groups is 1. The smallest absolute Gasteiger partial charge is 0.335 e. The van der Waals surface area contributed by atoms with E-state index in [2.05, 4.69) is 27.0 Å². The van der Waals surface area contributed by atoms with Crippen molar-refractivity contribution < 1.29 is 9.90 Å². The molecular weight excluding hydrogens is 334 g/mol. The van der Waals surface area contributed by atoms with Crippen molar-refractivity contribution in [3.8, 4) is 11.8 Å². The highest BCUT2D eigenvalue weighted by Gasteiger charge is 2.11. The number of hydrogen-bond acceptors (Lipinski definition) is 3. The zero-order valence-electron chi connectivity index (χ0n) is 10.6. The third kappa shape index (κ3) is 2.28. The molecule has 0 unspecified atom stereocenters. The van der Waals surface area contributed by atoms with Gasteiger partial charge in [-0.1, -0.05) is 0 Å². The first kappa shape index (κ1) is 13.3. The van der Waals surface area contributed by atoms with Gasteiger partial charge < -0.3 is 5.11 Å². The molecule has 0 spiro atoms. The summed E-state index contributed by atoms with van der Waals surface area (Å²) in [7, 11) is 0. The van der Waals surface area contributed by atoms with E-state index in [9.17, 15) is 4.79 Å². The van der Waals surface area contributed by atoms with E-state index in [1.165, 1.54) is 6.07 Å². The van der Waals surface area contributed by atoms with E-state index >= 15 is 0 Å². The second kappa shape index (κ2) is 5.04. The fourth-order valence-corrected chi connectivity index (χ4v) is 2.67. The molecule has 0 amide bonds. The van der Waals surface area contributed by atoms with Crippen LogP contribution in [0.2, 0.25) is 0 Å². The molecule has 0 aliphatic carbocycles. The zero-order chi connectivity index (χ0) is 15.0. The number of nitriles is 1. The van der Waals surface area contributed by atoms with Crippen LogP contribution >= 0.6 is 15.9 Å². The molecule has 0 atom stereocenters. The largest absolute Gasteiger partial charge is 0.478 e. The molecule has 0 saturated heterocycles. The monoisotopic (exact) mass is 341 g/mol. The lowest BCUT2D eigenvalue weighted by Crippen LogP contribution is -1.98. The highest BCUT2D eigenvalue weighted by atomic mass is 79.9. The topological polar surface area (TPSA) is 78.9 Å². The maximum Gasteiger partial charge on any atom is 0.335 e. The molecule has 6 heteroatoms. The Hall–Kier alpha value is -2.65. The predicted octanol–water partition coefficient (Wildman–Crippen LogP) is 3.36. The number of imidazole rings is 1. The van der Waals surface area contributed by atoms with Gasteiger partial charge >= 0.3 is 5.97 Å². The fraction of sp³-hybridized carbons (Fsp3) is 0. The number of benzene rings is 2. The van der Waals surface area contributed by atoms with Gasteiger partial charge in [0, 0.05) is 4.47 Å². The highest BCUT2D eigenvalue weighted by Crippen LogP contribution is 2.26. The summed E-state index contributed by atoms with van der Waals surface area (Å²) in [5.41, 5.74) is 2.94. The quantitative estimate of drug-likeness (QED) is 0.775. The Morgan fingerprint density at radius 1 is 1.29 bits per heavy atom. The number of aromatic carboxylic acids is 1. The van der Waals surface area contributed by atoms with Crippen molar-refractivity contribution in [3.05, 3.63) is 58.3 Å². The summed E-state index contributed by atoms with van der Waals surface area (Å²) in [6.07, 6.45) is 1.63. The van der Waals surface area contributed by atoms with Gasteiger partial charge in [-0.25, -0.2) is 9.78 Å². The van der Waals surface area contributed by atoms with E-state index in [-0.39, 0.29) is 5.56 Å². The van der Waals surface area contributed by atoms with Gasteiger partial charge in [0.25, 0.3) is 0 Å². The summed E-state index contributed by atoms with van der Waals surface area (Å²) in [5, 5.41) is 18.0. The van der Waals surface area contributed by atoms with Crippen LogP contribution in [0, 0.1) is 11.3 Å². The van der Waals surface area contributed by atoms with Crippen molar-refractivity contribution in [1.82, 2.24) is 9.55 Å². The van der Waals surface area contributed by atoms with E-state index in [0.717, 1.165) is 10.2 Å². The highest BCUT2D eigenvalue weighted by molar-refractivity contribution is 9.10. The number of halogens is 1. The minimum atomic E-state index is -0.983. The van der Waals surface area contributed by atoms with Crippen LogP contribution in [0.3, 0.4) is 0 Å². The van der Waals surface area contributed by atoms with Crippen LogP contribution < -0.4 is 0 Å². The number of nitrogens with zero attached hydrogens (tertiary/aromatic N) is 3. The Morgan fingerprint density at radius 2 is 2.10 bits per heavy atom. The number of fused-ring (bicyclic) bond motifs is 1. The molecule has 3 rings (SSSR count). The second-order valence-electron chi connectivity index (χ2n) is 4.40. The van der Waals surface area contributed by atoms with Gasteiger partial charge in [0.05, 0.1) is 33.9 Å². The van der Waals surface area contributed by atoms with Crippen molar-refractivity contribution >= 4 is 32.9 Å². The Bertz CT molecular complexity index is 909. The van der Waals surface area contributed by atoms with Crippen molar-refractivity contribution in [1.29, 1.82) is 5.26 Å². The van der Waals surface area contributed by atoms with Crippen LogP contribution in [0.1, 0.15) is 15.9 Å². The van der Waals surface area contributed by atoms with Crippen molar-refractivity contribution in [3.63, 3.8) is 0 Å². The Balaban J connectivity index is 2.23. The third-order valence-electron chi connectivity index (χ3n) is 3.13. The van der Waals surface area contributed by atoms with E-state index in [1.54, 1.807) is 41.2 Å². The summed E-state index contributed by atoms with van der Waals surface area (Å²) in [6.45, 7) is 0. The molecule has 3 aromatic rings. The third-order valence-corrected chi connectivity index (χ3v) is 3.77. The lowest BCUT2D eigenvalue weighted by molar-refractivity contribution is 0.0697. The van der Waals surface area contributed by atoms with Crippen molar-refractivity contribution in [2.24, 2.45) is 0 Å². The average molecular weight is 342 g/mol. The lowest BCUT2D eigenvalue weighted by Gasteiger charge is -2.07. The van der Waals surface area contributed by atoms with Crippen LogP contribution in [-0.4, -0.2) is 20.6 Å². The molecule has 0 aliphatic rings. The van der Waals surface area contributed by atoms with Gasteiger partial charge in [-0.2, -0.15) is 5.26 Å². The molecule has 5 nitrogen and oxygen atoms in total. The molecular formula is C15H8BrN3O2. The van der Waals surface area contributed by atoms with Gasteiger partial charge in [0.1, 0.15) is 6.33 Å². The normalized spacial score (nSPS) is 10.5. The molecule has 0 aliphatic heterocycles. The minimum Gasteiger partial charge on any atom is -0.478 e. The van der Waals surface area contributed by atoms with Gasteiger partial charge in [0.15, 0.2) is 0 Å². The molecule has 1 aromatic heterocycles. The van der Waals surface area contributed by atoms with Crippen LogP contribution in [0.5, 0.6) is 0 Å². The fourth-order valence-electron chi connectivity index (χ4n) is 2.10. The first-order chi connectivity index (χ1) is 10.1. The van der Waals surface area contributed by atoms with Gasteiger partial charge in [-0.05, 0) is 52.3 Å². The summed E-state index contributed by atoms with van der Waals surface area (Å²) < 4.78 is 2.52. The number of hydrogen-bond donors (Lipinski definition) is 1. The van der Waals surface area contributed by atoms with Gasteiger partial charge in [-0.3, -0.25) is 4.57 Å². The summed E-state index contributed by atoms with van der Waals surface area (Å²) in [6, 6.07) is 12.0. The molecule has 102 valence electrons. The first-order valence-corrected chi connectivity index (χ1v) is 6.80. The molecule has 1 N–H and O–H groups in total. The van der Waals surface area contributed by atoms with Crippen LogP contribution in [0.4, 0.5) is 0 Å². The lowest BCUT2D eigenvalue weighted by atomic mass is 10.2. The standard InChI is InChI=1S/C15H8BrN3O2/c16-11-5-9(7-17)1-4-13(11)19-8-18-12-3-2-10(15(20)21)6-14(12)19/h1-6,8H,(H,20,21). The molecule has 0 bridgehead atoms. The minimum absolute atomic E-state index is 0.203. The summed E-state index contributed by atoms with van der Waals surface area (Å²) in [4.78, 5) is 15.4. The van der Waals surface area contributed by atoms with Crippen molar-refractivity contribution in [2.75, 3.05) is 0 Å². The average Bonchev–Trinajstić information content (AvgIpc) is 2.89. The first-order valence-electron chi connectivity index (χ1n) is 6.00. The van der Waals surface area contributed by atoms with E-state index in [1.807, 2.05) is 0 Å². The van der Waals surface area contributed by atoms with E-state index in [0.29, 0.717) is 16.6 Å². The number of aromatic nitrogens is 2. The van der Waals surface area contributed by atoms with Crippen LogP contribution in [0.15, 0.2) is 47.2 Å². The van der Waals surface area contributed by atoms with Gasteiger partial charge in [-0.15, -0.1) is 0 Å². The van der Waals surface area contributed by atoms with E-state index < -0.39 is 5.97 Å². The molecule has 0 saturated carbocycles. The number of carboxylic acid groups (broad SMARTS) is 1. The predicted molar refractivity (Wildman–Crippen MR) is 80.4 cm³/mol. The Labute approximate surface area is 128 Å². The summed E-state index contributed by atoms with van der Waals surface area (Å²) >= 11 is 3.43. The number of rotatable bonds is 2. The van der Waals surface area contributed by atoms with Crippen molar-refractivity contribution in [2.45, 2.75) is 0 Å². The number of carboxylic acids is 1. The zero-order valence-corrected chi connectivity index (χ0v) is 12.2. The Morgan fingerprint density at radius 3 is 2.76 bits per heavy atom. The maximum atomic E-state index is 11.1. The molecule has 0 radical (unpaired) electrons. The maximum absolute atomic E-state index is 11.1. The van der Waals surface area contributed by atoms with Gasteiger partial charge in [0.2, 0.25) is 0 Å². The molecule has 1 heterocycles. The molecule has 21 heavy (non-hydrogen) atoms. The Kier molecular flexibility index (Phi) is 3.20. The van der Waals surface area contributed by atoms with E-state index in [4.69, 9.17) is 10.4 Å². The second-order valence-corrected chi connectivity index (χ2v) is 5.26. The van der Waals surface area contributed by atoms with Crippen LogP contribution in [-0.2, 0) is 0 Å². The SMILES string of the molecule is N#Cc1ccc(-n2cnc3ccc(C(=O)O)cc32)c(Br)c1. The summed E-state index contributed by atoms with van der Waals surface area (Å²) in [5.74, 6) is -0.983.